The topological polar surface area (TPSA) is 63.9 Å². The normalized spacial score (nSPS) is 16.4. The van der Waals surface area contributed by atoms with E-state index in [-0.39, 0.29) is 22.9 Å². The van der Waals surface area contributed by atoms with Gasteiger partial charge in [-0.15, -0.1) is 16.9 Å². The quantitative estimate of drug-likeness (QED) is 0.575. The molecule has 1 fully saturated rings. The van der Waals surface area contributed by atoms with Crippen molar-refractivity contribution in [2.45, 2.75) is 24.4 Å². The first-order chi connectivity index (χ1) is 14.0. The first kappa shape index (κ1) is 19.9. The second-order valence-corrected chi connectivity index (χ2v) is 8.91. The highest BCUT2D eigenvalue weighted by atomic mass is 32.2. The van der Waals surface area contributed by atoms with Gasteiger partial charge in [0, 0.05) is 17.9 Å². The molecule has 1 amide bonds. The minimum atomic E-state index is -0.292. The molecule has 6 nitrogen and oxygen atoms in total. The summed E-state index contributed by atoms with van der Waals surface area (Å²) in [6.07, 6.45) is 0. The van der Waals surface area contributed by atoms with E-state index in [2.05, 4.69) is 21.6 Å². The Kier molecular flexibility index (Phi) is 5.86. The van der Waals surface area contributed by atoms with E-state index >= 15 is 0 Å². The van der Waals surface area contributed by atoms with Crippen LogP contribution in [0, 0.1) is 19.7 Å². The van der Waals surface area contributed by atoms with E-state index in [1.54, 1.807) is 39.5 Å². The molecule has 9 heteroatoms. The van der Waals surface area contributed by atoms with Crippen molar-refractivity contribution in [1.29, 1.82) is 0 Å². The van der Waals surface area contributed by atoms with Gasteiger partial charge >= 0.3 is 0 Å². The molecule has 2 aromatic carbocycles. The maximum atomic E-state index is 14.2. The zero-order valence-corrected chi connectivity index (χ0v) is 17.7. The number of carbonyl (C=O) groups excluding carboxylic acids is 1. The van der Waals surface area contributed by atoms with Crippen molar-refractivity contribution in [3.05, 3.63) is 65.0 Å². The molecule has 1 saturated heterocycles. The summed E-state index contributed by atoms with van der Waals surface area (Å²) in [7, 11) is 0. The van der Waals surface area contributed by atoms with Gasteiger partial charge in [-0.2, -0.15) is 4.68 Å². The summed E-state index contributed by atoms with van der Waals surface area (Å²) in [5.74, 6) is 0.645. The van der Waals surface area contributed by atoms with E-state index in [9.17, 15) is 9.18 Å². The van der Waals surface area contributed by atoms with Crippen LogP contribution in [0.4, 0.5) is 4.39 Å². The van der Waals surface area contributed by atoms with Crippen LogP contribution in [0.1, 0.15) is 22.1 Å². The van der Waals surface area contributed by atoms with Crippen molar-refractivity contribution < 1.29 is 9.18 Å². The van der Waals surface area contributed by atoms with E-state index in [1.165, 1.54) is 17.8 Å². The van der Waals surface area contributed by atoms with Crippen molar-refractivity contribution in [3.8, 4) is 5.69 Å². The van der Waals surface area contributed by atoms with Gasteiger partial charge in [0.2, 0.25) is 11.1 Å². The molecule has 0 radical (unpaired) electrons. The predicted octanol–water partition coefficient (Wildman–Crippen LogP) is 3.78. The SMILES string of the molecule is Cc1ccc(-n2nnnc2SCC(=O)N2CCS[C@@H]2c2ccccc2F)c(C)c1. The minimum absolute atomic E-state index is 0.0524. The molecular formula is C20H20FN5OS2. The molecular weight excluding hydrogens is 409 g/mol. The third-order valence-corrected chi connectivity index (χ3v) is 6.88. The molecule has 3 aromatic rings. The number of tetrazole rings is 1. The minimum Gasteiger partial charge on any atom is -0.325 e. The van der Waals surface area contributed by atoms with Crippen LogP contribution in [0.5, 0.6) is 0 Å². The average Bonchev–Trinajstić information content (AvgIpc) is 3.36. The summed E-state index contributed by atoms with van der Waals surface area (Å²) in [5, 5.41) is 12.2. The van der Waals surface area contributed by atoms with Gasteiger partial charge < -0.3 is 4.90 Å². The second-order valence-electron chi connectivity index (χ2n) is 6.78. The number of carbonyl (C=O) groups is 1. The van der Waals surface area contributed by atoms with Crippen LogP contribution >= 0.6 is 23.5 Å². The van der Waals surface area contributed by atoms with Crippen molar-refractivity contribution in [3.63, 3.8) is 0 Å². The van der Waals surface area contributed by atoms with Gasteiger partial charge in [0.1, 0.15) is 11.2 Å². The lowest BCUT2D eigenvalue weighted by Crippen LogP contribution is -2.32. The summed E-state index contributed by atoms with van der Waals surface area (Å²) >= 11 is 2.87. The van der Waals surface area contributed by atoms with Gasteiger partial charge in [-0.25, -0.2) is 4.39 Å². The number of hydrogen-bond acceptors (Lipinski definition) is 6. The fourth-order valence-electron chi connectivity index (χ4n) is 3.33. The largest absolute Gasteiger partial charge is 0.325 e. The molecule has 0 N–H and O–H groups in total. The lowest BCUT2D eigenvalue weighted by molar-refractivity contribution is -0.128. The molecule has 1 aliphatic heterocycles. The Balaban J connectivity index is 1.48. The highest BCUT2D eigenvalue weighted by molar-refractivity contribution is 8.00. The number of rotatable bonds is 5. The van der Waals surface area contributed by atoms with Crippen molar-refractivity contribution in [1.82, 2.24) is 25.1 Å². The van der Waals surface area contributed by atoms with Gasteiger partial charge in [0.05, 0.1) is 11.4 Å². The van der Waals surface area contributed by atoms with E-state index in [0.29, 0.717) is 17.3 Å². The average molecular weight is 430 g/mol. The highest BCUT2D eigenvalue weighted by Gasteiger charge is 2.32. The number of amides is 1. The third kappa shape index (κ3) is 4.16. The fraction of sp³-hybridized carbons (Fsp3) is 0.300. The fourth-order valence-corrected chi connectivity index (χ4v) is 5.40. The van der Waals surface area contributed by atoms with Crippen LogP contribution in [0.3, 0.4) is 0 Å². The van der Waals surface area contributed by atoms with E-state index in [0.717, 1.165) is 22.6 Å². The highest BCUT2D eigenvalue weighted by Crippen LogP contribution is 2.39. The van der Waals surface area contributed by atoms with Crippen LogP contribution in [-0.4, -0.2) is 49.1 Å². The molecule has 0 spiro atoms. The molecule has 0 aliphatic carbocycles. The second kappa shape index (κ2) is 8.54. The maximum absolute atomic E-state index is 14.2. The number of aryl methyl sites for hydroxylation is 2. The first-order valence-corrected chi connectivity index (χ1v) is 11.2. The van der Waals surface area contributed by atoms with E-state index in [4.69, 9.17) is 0 Å². The van der Waals surface area contributed by atoms with Crippen LogP contribution in [0.2, 0.25) is 0 Å². The number of hydrogen-bond donors (Lipinski definition) is 0. The molecule has 1 aromatic heterocycles. The zero-order valence-electron chi connectivity index (χ0n) is 16.1. The van der Waals surface area contributed by atoms with Crippen molar-refractivity contribution >= 4 is 29.4 Å². The Morgan fingerprint density at radius 1 is 1.28 bits per heavy atom. The Bertz CT molecular complexity index is 1040. The third-order valence-electron chi connectivity index (χ3n) is 4.73. The Morgan fingerprint density at radius 2 is 2.10 bits per heavy atom. The van der Waals surface area contributed by atoms with Gasteiger partial charge in [-0.1, -0.05) is 47.7 Å². The summed E-state index contributed by atoms with van der Waals surface area (Å²) in [6, 6.07) is 12.7. The molecule has 4 rings (SSSR count). The molecule has 0 saturated carbocycles. The van der Waals surface area contributed by atoms with Crippen LogP contribution in [-0.2, 0) is 4.79 Å². The molecule has 1 atom stereocenters. The van der Waals surface area contributed by atoms with Crippen LogP contribution in [0.15, 0.2) is 47.6 Å². The number of thioether (sulfide) groups is 2. The molecule has 1 aliphatic rings. The van der Waals surface area contributed by atoms with Crippen molar-refractivity contribution in [2.24, 2.45) is 0 Å². The number of halogens is 1. The number of benzene rings is 2. The maximum Gasteiger partial charge on any atom is 0.234 e. The molecule has 2 heterocycles. The van der Waals surface area contributed by atoms with Gasteiger partial charge in [-0.05, 0) is 42.0 Å². The van der Waals surface area contributed by atoms with Crippen LogP contribution in [0.25, 0.3) is 5.69 Å². The molecule has 0 bridgehead atoms. The lowest BCUT2D eigenvalue weighted by atomic mass is 10.1. The predicted molar refractivity (Wildman–Crippen MR) is 113 cm³/mol. The van der Waals surface area contributed by atoms with Crippen LogP contribution < -0.4 is 0 Å². The number of aromatic nitrogens is 4. The van der Waals surface area contributed by atoms with E-state index < -0.39 is 0 Å². The summed E-state index contributed by atoms with van der Waals surface area (Å²) in [4.78, 5) is 14.6. The summed E-state index contributed by atoms with van der Waals surface area (Å²) in [5.41, 5.74) is 3.65. The molecule has 0 unspecified atom stereocenters. The number of nitrogens with zero attached hydrogens (tertiary/aromatic N) is 5. The van der Waals surface area contributed by atoms with E-state index in [1.807, 2.05) is 26.0 Å². The standard InChI is InChI=1S/C20H20FN5OS2/c1-13-7-8-17(14(2)11-13)26-20(22-23-24-26)29-12-18(27)25-9-10-28-19(25)15-5-3-4-6-16(15)21/h3-8,11,19H,9-10,12H2,1-2H3/t19-/m1/s1. The van der Waals surface area contributed by atoms with Crippen molar-refractivity contribution in [2.75, 3.05) is 18.1 Å². The smallest absolute Gasteiger partial charge is 0.234 e. The Labute approximate surface area is 176 Å². The monoisotopic (exact) mass is 429 g/mol. The van der Waals surface area contributed by atoms with Gasteiger partial charge in [-0.3, -0.25) is 4.79 Å². The van der Waals surface area contributed by atoms with Gasteiger partial charge in [0.25, 0.3) is 0 Å². The summed E-state index contributed by atoms with van der Waals surface area (Å²) in [6.45, 7) is 4.64. The first-order valence-electron chi connectivity index (χ1n) is 9.19. The Hall–Kier alpha value is -2.39. The Morgan fingerprint density at radius 3 is 2.90 bits per heavy atom. The summed E-state index contributed by atoms with van der Waals surface area (Å²) < 4.78 is 15.9. The lowest BCUT2D eigenvalue weighted by Gasteiger charge is -2.24. The molecule has 150 valence electrons. The zero-order chi connectivity index (χ0) is 20.4. The van der Waals surface area contributed by atoms with Gasteiger partial charge in [0.15, 0.2) is 0 Å². The molecule has 29 heavy (non-hydrogen) atoms.